The second kappa shape index (κ2) is 14.2. The van der Waals surface area contributed by atoms with Crippen molar-refractivity contribution >= 4 is 17.8 Å². The maximum Gasteiger partial charge on any atom is 0.326 e. The molecule has 10 heteroatoms. The summed E-state index contributed by atoms with van der Waals surface area (Å²) >= 11 is 0. The smallest absolute Gasteiger partial charge is 0.326 e. The lowest BCUT2D eigenvalue weighted by Crippen LogP contribution is -2.48. The van der Waals surface area contributed by atoms with Crippen molar-refractivity contribution in [1.82, 2.24) is 20.1 Å². The molecule has 3 N–H and O–H groups in total. The summed E-state index contributed by atoms with van der Waals surface area (Å²) in [5.74, 6) is -0.0795. The monoisotopic (exact) mass is 493 g/mol. The molecule has 0 aromatic carbocycles. The van der Waals surface area contributed by atoms with E-state index in [0.29, 0.717) is 26.2 Å². The molecule has 35 heavy (non-hydrogen) atoms. The van der Waals surface area contributed by atoms with Crippen LogP contribution in [0.4, 0.5) is 15.0 Å². The van der Waals surface area contributed by atoms with Gasteiger partial charge in [0.2, 0.25) is 0 Å². The van der Waals surface area contributed by atoms with Crippen molar-refractivity contribution in [2.24, 2.45) is 0 Å². The molecule has 2 unspecified atom stereocenters. The van der Waals surface area contributed by atoms with Gasteiger partial charge in [0.05, 0.1) is 6.61 Å². The number of halogens is 1. The lowest BCUT2D eigenvalue weighted by Gasteiger charge is -2.26. The van der Waals surface area contributed by atoms with Gasteiger partial charge in [0.25, 0.3) is 0 Å². The number of methoxy groups -OCH3 is 1. The van der Waals surface area contributed by atoms with Crippen LogP contribution in [-0.4, -0.2) is 97.1 Å². The van der Waals surface area contributed by atoms with Gasteiger partial charge >= 0.3 is 12.0 Å². The molecule has 0 bridgehead atoms. The number of fused-ring (bicyclic) bond motifs is 1. The molecule has 3 heterocycles. The topological polar surface area (TPSA) is 107 Å². The predicted octanol–water partition coefficient (Wildman–Crippen LogP) is 2.70. The molecule has 2 amide bonds. The molecule has 3 rings (SSSR count). The molecule has 0 radical (unpaired) electrons. The Hall–Kier alpha value is -2.46. The number of unbranched alkanes of at least 4 members (excludes halogenated alkanes) is 1. The lowest BCUT2D eigenvalue weighted by atomic mass is 10.1. The number of rotatable bonds is 14. The van der Waals surface area contributed by atoms with E-state index in [4.69, 9.17) is 9.72 Å². The molecule has 0 aliphatic carbocycles. The molecule has 0 saturated carbocycles. The van der Waals surface area contributed by atoms with Gasteiger partial charge in [0, 0.05) is 45.5 Å². The molecule has 9 nitrogen and oxygen atoms in total. The summed E-state index contributed by atoms with van der Waals surface area (Å²) in [4.78, 5) is 32.4. The number of likely N-dealkylation sites (tertiary alicyclic amines) is 1. The molecule has 196 valence electrons. The normalized spacial score (nSPS) is 17.1. The van der Waals surface area contributed by atoms with Crippen molar-refractivity contribution in [2.75, 3.05) is 58.3 Å². The molecule has 2 aliphatic heterocycles. The van der Waals surface area contributed by atoms with Crippen molar-refractivity contribution in [1.29, 1.82) is 0 Å². The summed E-state index contributed by atoms with van der Waals surface area (Å²) in [5.41, 5.74) is 2.31. The zero-order chi connectivity index (χ0) is 25.0. The summed E-state index contributed by atoms with van der Waals surface area (Å²) in [6.07, 6.45) is 5.70. The first-order chi connectivity index (χ1) is 17.0. The van der Waals surface area contributed by atoms with Gasteiger partial charge in [-0.1, -0.05) is 6.07 Å². The molecule has 2 atom stereocenters. The Bertz CT molecular complexity index is 821. The van der Waals surface area contributed by atoms with Crippen LogP contribution in [-0.2, 0) is 22.4 Å². The van der Waals surface area contributed by atoms with E-state index >= 15 is 0 Å². The van der Waals surface area contributed by atoms with Gasteiger partial charge in [-0.3, -0.25) is 0 Å². The first-order valence-electron chi connectivity index (χ1n) is 12.8. The highest BCUT2D eigenvalue weighted by molar-refractivity contribution is 5.82. The predicted molar refractivity (Wildman–Crippen MR) is 133 cm³/mol. The van der Waals surface area contributed by atoms with Gasteiger partial charge < -0.3 is 30.3 Å². The van der Waals surface area contributed by atoms with E-state index in [-0.39, 0.29) is 25.6 Å². The summed E-state index contributed by atoms with van der Waals surface area (Å²) in [5, 5.41) is 15.6. The SMILES string of the molecule is COCC(F)CN(CCCCc1ccc2c(n1)NCCC2)CCC(NC(=O)N1CCCC1)C(=O)O. The zero-order valence-corrected chi connectivity index (χ0v) is 20.8. The highest BCUT2D eigenvalue weighted by Crippen LogP contribution is 2.20. The second-order valence-electron chi connectivity index (χ2n) is 9.47. The van der Waals surface area contributed by atoms with Gasteiger partial charge in [-0.25, -0.2) is 19.0 Å². The number of carboxylic acid groups (broad SMARTS) is 1. The third-order valence-electron chi connectivity index (χ3n) is 6.64. The fourth-order valence-corrected chi connectivity index (χ4v) is 4.69. The number of hydrogen-bond donors (Lipinski definition) is 3. The van der Waals surface area contributed by atoms with Crippen LogP contribution in [0, 0.1) is 0 Å². The van der Waals surface area contributed by atoms with Gasteiger partial charge in [-0.2, -0.15) is 0 Å². The molecule has 0 spiro atoms. The Morgan fingerprint density at radius 1 is 1.26 bits per heavy atom. The molecule has 1 saturated heterocycles. The number of nitrogens with zero attached hydrogens (tertiary/aromatic N) is 3. The number of amides is 2. The van der Waals surface area contributed by atoms with Crippen LogP contribution in [0.15, 0.2) is 12.1 Å². The van der Waals surface area contributed by atoms with Crippen molar-refractivity contribution in [2.45, 2.75) is 63.6 Å². The Morgan fingerprint density at radius 3 is 2.80 bits per heavy atom. The minimum Gasteiger partial charge on any atom is -0.480 e. The fraction of sp³-hybridized carbons (Fsp3) is 0.720. The first kappa shape index (κ1) is 27.1. The number of hydrogen-bond acceptors (Lipinski definition) is 6. The molecule has 2 aliphatic rings. The van der Waals surface area contributed by atoms with E-state index < -0.39 is 18.2 Å². The van der Waals surface area contributed by atoms with Crippen LogP contribution in [0.2, 0.25) is 0 Å². The number of aromatic nitrogens is 1. The number of carbonyl (C=O) groups excluding carboxylic acids is 1. The van der Waals surface area contributed by atoms with Crippen LogP contribution in [0.1, 0.15) is 49.8 Å². The van der Waals surface area contributed by atoms with Crippen molar-refractivity contribution in [3.63, 3.8) is 0 Å². The van der Waals surface area contributed by atoms with Crippen molar-refractivity contribution in [3.05, 3.63) is 23.4 Å². The van der Waals surface area contributed by atoms with Crippen LogP contribution >= 0.6 is 0 Å². The van der Waals surface area contributed by atoms with Crippen LogP contribution < -0.4 is 10.6 Å². The number of carbonyl (C=O) groups is 2. The van der Waals surface area contributed by atoms with E-state index in [2.05, 4.69) is 22.8 Å². The number of ether oxygens (including phenoxy) is 1. The molecular formula is C25H40FN5O4. The average Bonchev–Trinajstić information content (AvgIpc) is 3.39. The molecule has 1 aromatic rings. The van der Waals surface area contributed by atoms with Gasteiger partial charge in [-0.05, 0) is 69.5 Å². The number of aryl methyl sites for hydroxylation is 2. The van der Waals surface area contributed by atoms with Gasteiger partial charge in [0.1, 0.15) is 18.0 Å². The highest BCUT2D eigenvalue weighted by Gasteiger charge is 2.26. The van der Waals surface area contributed by atoms with Crippen LogP contribution in [0.5, 0.6) is 0 Å². The Kier molecular flexibility index (Phi) is 11.0. The highest BCUT2D eigenvalue weighted by atomic mass is 19.1. The van der Waals surface area contributed by atoms with E-state index in [1.54, 1.807) is 4.90 Å². The van der Waals surface area contributed by atoms with Crippen LogP contribution in [0.3, 0.4) is 0 Å². The Balaban J connectivity index is 1.48. The number of aliphatic carboxylic acids is 1. The third-order valence-corrected chi connectivity index (χ3v) is 6.64. The Labute approximate surface area is 207 Å². The first-order valence-corrected chi connectivity index (χ1v) is 12.8. The number of pyridine rings is 1. The number of anilines is 1. The summed E-state index contributed by atoms with van der Waals surface area (Å²) in [6, 6.07) is 2.90. The van der Waals surface area contributed by atoms with E-state index in [0.717, 1.165) is 63.0 Å². The van der Waals surface area contributed by atoms with E-state index in [1.165, 1.54) is 12.7 Å². The average molecular weight is 494 g/mol. The maximum atomic E-state index is 14.3. The van der Waals surface area contributed by atoms with Gasteiger partial charge in [-0.15, -0.1) is 0 Å². The van der Waals surface area contributed by atoms with Gasteiger partial charge in [0.15, 0.2) is 0 Å². The largest absolute Gasteiger partial charge is 0.480 e. The maximum absolute atomic E-state index is 14.3. The van der Waals surface area contributed by atoms with E-state index in [9.17, 15) is 19.1 Å². The summed E-state index contributed by atoms with van der Waals surface area (Å²) in [7, 11) is 1.46. The van der Waals surface area contributed by atoms with Crippen molar-refractivity contribution < 1.29 is 23.8 Å². The number of nitrogens with one attached hydrogen (secondary N) is 2. The van der Waals surface area contributed by atoms with Crippen LogP contribution in [0.25, 0.3) is 0 Å². The van der Waals surface area contributed by atoms with E-state index in [1.807, 2.05) is 4.90 Å². The standard InChI is InChI=1S/C25H40FN5O4/c1-35-18-20(26)17-30(16-11-22(24(32)33)29-25(34)31-14-4-5-15-31)13-3-2-8-21-10-9-19-7-6-12-27-23(19)28-21/h9-10,20,22H,2-8,11-18H2,1H3,(H,27,28)(H,29,34)(H,32,33). The number of urea groups is 1. The number of carboxylic acids is 1. The molecule has 1 aromatic heterocycles. The second-order valence-corrected chi connectivity index (χ2v) is 9.47. The zero-order valence-electron chi connectivity index (χ0n) is 20.8. The third kappa shape index (κ3) is 8.92. The minimum atomic E-state index is -1.16. The summed E-state index contributed by atoms with van der Waals surface area (Å²) in [6.45, 7) is 3.44. The molecule has 1 fully saturated rings. The van der Waals surface area contributed by atoms with Crippen molar-refractivity contribution in [3.8, 4) is 0 Å². The Morgan fingerprint density at radius 2 is 2.06 bits per heavy atom. The summed E-state index contributed by atoms with van der Waals surface area (Å²) < 4.78 is 19.2. The lowest BCUT2D eigenvalue weighted by molar-refractivity contribution is -0.139. The molecular weight excluding hydrogens is 453 g/mol. The quantitative estimate of drug-likeness (QED) is 0.342. The minimum absolute atomic E-state index is 0.00337. The number of alkyl halides is 1. The fourth-order valence-electron chi connectivity index (χ4n) is 4.69.